The Morgan fingerprint density at radius 2 is 2.24 bits per heavy atom. The van der Waals surface area contributed by atoms with Crippen LogP contribution in [-0.4, -0.2) is 61.5 Å². The molecule has 0 spiro atoms. The average molecular weight is 244 g/mol. The van der Waals surface area contributed by atoms with E-state index in [0.717, 1.165) is 39.1 Å². The Morgan fingerprint density at radius 1 is 1.47 bits per heavy atom. The lowest BCUT2D eigenvalue weighted by Crippen LogP contribution is -2.46. The molecule has 1 rings (SSSR count). The van der Waals surface area contributed by atoms with E-state index in [1.165, 1.54) is 6.42 Å². The van der Waals surface area contributed by atoms with Gasteiger partial charge in [-0.2, -0.15) is 0 Å². The molecule has 0 aromatic heterocycles. The van der Waals surface area contributed by atoms with E-state index < -0.39 is 0 Å². The fourth-order valence-corrected chi connectivity index (χ4v) is 2.78. The van der Waals surface area contributed by atoms with Crippen molar-refractivity contribution in [2.45, 2.75) is 44.7 Å². The fourth-order valence-electron chi connectivity index (χ4n) is 2.78. The van der Waals surface area contributed by atoms with Crippen LogP contribution in [0.5, 0.6) is 0 Å². The van der Waals surface area contributed by atoms with Gasteiger partial charge in [-0.15, -0.1) is 0 Å². The highest BCUT2D eigenvalue weighted by molar-refractivity contribution is 4.98. The molecule has 4 heteroatoms. The van der Waals surface area contributed by atoms with Gasteiger partial charge in [0.2, 0.25) is 0 Å². The molecule has 0 amide bonds. The van der Waals surface area contributed by atoms with E-state index in [1.807, 2.05) is 14.0 Å². The van der Waals surface area contributed by atoms with E-state index in [2.05, 4.69) is 17.1 Å². The normalized spacial score (nSPS) is 29.1. The van der Waals surface area contributed by atoms with Crippen molar-refractivity contribution in [3.05, 3.63) is 0 Å². The molecular weight excluding hydrogens is 216 g/mol. The van der Waals surface area contributed by atoms with Crippen molar-refractivity contribution in [1.29, 1.82) is 0 Å². The van der Waals surface area contributed by atoms with Crippen LogP contribution in [0, 0.1) is 0 Å². The monoisotopic (exact) mass is 244 g/mol. The van der Waals surface area contributed by atoms with Crippen LogP contribution < -0.4 is 5.32 Å². The quantitative estimate of drug-likeness (QED) is 0.621. The van der Waals surface area contributed by atoms with Crippen LogP contribution in [-0.2, 0) is 4.74 Å². The highest BCUT2D eigenvalue weighted by Gasteiger charge is 2.39. The first kappa shape index (κ1) is 14.9. The van der Waals surface area contributed by atoms with Gasteiger partial charge in [-0.1, -0.05) is 6.92 Å². The third kappa shape index (κ3) is 3.91. The maximum atomic E-state index is 9.50. The Bertz CT molecular complexity index is 208. The Kier molecular flexibility index (Phi) is 6.41. The third-order valence-corrected chi connectivity index (χ3v) is 4.07. The molecule has 2 N–H and O–H groups in total. The standard InChI is InChI=1S/C13H28N2O2/c1-4-15(8-9-17-5-2)12-6-7-13(10-12,11-16)14-3/h12,14,16H,4-11H2,1-3H3. The molecule has 0 aromatic rings. The number of hydrogen-bond acceptors (Lipinski definition) is 4. The smallest absolute Gasteiger partial charge is 0.0613 e. The highest BCUT2D eigenvalue weighted by Crippen LogP contribution is 2.32. The molecule has 1 aliphatic carbocycles. The first-order valence-electron chi connectivity index (χ1n) is 6.83. The van der Waals surface area contributed by atoms with E-state index in [9.17, 15) is 5.11 Å². The summed E-state index contributed by atoms with van der Waals surface area (Å²) in [4.78, 5) is 2.48. The highest BCUT2D eigenvalue weighted by atomic mass is 16.5. The minimum Gasteiger partial charge on any atom is -0.394 e. The molecule has 0 aromatic carbocycles. The Labute approximate surface area is 105 Å². The van der Waals surface area contributed by atoms with Gasteiger partial charge in [0, 0.05) is 24.7 Å². The third-order valence-electron chi connectivity index (χ3n) is 4.07. The van der Waals surface area contributed by atoms with Crippen molar-refractivity contribution in [1.82, 2.24) is 10.2 Å². The van der Waals surface area contributed by atoms with Crippen LogP contribution in [0.2, 0.25) is 0 Å². The fraction of sp³-hybridized carbons (Fsp3) is 1.00. The Morgan fingerprint density at radius 3 is 2.71 bits per heavy atom. The predicted octanol–water partition coefficient (Wildman–Crippen LogP) is 0.848. The maximum Gasteiger partial charge on any atom is 0.0613 e. The molecule has 1 fully saturated rings. The van der Waals surface area contributed by atoms with Gasteiger partial charge < -0.3 is 15.2 Å². The summed E-state index contributed by atoms with van der Waals surface area (Å²) in [6, 6.07) is 0.583. The van der Waals surface area contributed by atoms with Gasteiger partial charge in [0.05, 0.1) is 13.2 Å². The number of ether oxygens (including phenoxy) is 1. The molecule has 0 radical (unpaired) electrons. The molecule has 0 heterocycles. The van der Waals surface area contributed by atoms with Gasteiger partial charge in [0.25, 0.3) is 0 Å². The molecule has 4 nitrogen and oxygen atoms in total. The van der Waals surface area contributed by atoms with Crippen LogP contribution in [0.1, 0.15) is 33.1 Å². The van der Waals surface area contributed by atoms with E-state index >= 15 is 0 Å². The zero-order valence-corrected chi connectivity index (χ0v) is 11.5. The largest absolute Gasteiger partial charge is 0.394 e. The van der Waals surface area contributed by atoms with Crippen molar-refractivity contribution >= 4 is 0 Å². The zero-order valence-electron chi connectivity index (χ0n) is 11.5. The molecule has 1 saturated carbocycles. The summed E-state index contributed by atoms with van der Waals surface area (Å²) in [6.45, 7) is 8.13. The number of nitrogens with one attached hydrogen (secondary N) is 1. The molecule has 0 bridgehead atoms. The van der Waals surface area contributed by atoms with Crippen molar-refractivity contribution in [2.24, 2.45) is 0 Å². The summed E-state index contributed by atoms with van der Waals surface area (Å²) in [7, 11) is 1.95. The number of aliphatic hydroxyl groups is 1. The molecule has 0 saturated heterocycles. The Hall–Kier alpha value is -0.160. The molecule has 0 aliphatic heterocycles. The van der Waals surface area contributed by atoms with E-state index in [1.54, 1.807) is 0 Å². The second-order valence-electron chi connectivity index (χ2n) is 4.91. The average Bonchev–Trinajstić information content (AvgIpc) is 2.80. The van der Waals surface area contributed by atoms with E-state index in [-0.39, 0.29) is 12.1 Å². The molecule has 2 atom stereocenters. The van der Waals surface area contributed by atoms with Crippen molar-refractivity contribution < 1.29 is 9.84 Å². The Balaban J connectivity index is 2.43. The number of hydrogen-bond donors (Lipinski definition) is 2. The second-order valence-corrected chi connectivity index (χ2v) is 4.91. The first-order chi connectivity index (χ1) is 8.21. The van der Waals surface area contributed by atoms with Gasteiger partial charge in [0.15, 0.2) is 0 Å². The molecule has 102 valence electrons. The van der Waals surface area contributed by atoms with Gasteiger partial charge >= 0.3 is 0 Å². The minimum absolute atomic E-state index is 0.0519. The van der Waals surface area contributed by atoms with Crippen molar-refractivity contribution in [3.63, 3.8) is 0 Å². The lowest BCUT2D eigenvalue weighted by atomic mass is 9.99. The summed E-state index contributed by atoms with van der Waals surface area (Å²) in [5, 5.41) is 12.8. The zero-order chi connectivity index (χ0) is 12.7. The topological polar surface area (TPSA) is 44.7 Å². The van der Waals surface area contributed by atoms with Crippen LogP contribution in [0.3, 0.4) is 0 Å². The molecule has 1 aliphatic rings. The summed E-state index contributed by atoms with van der Waals surface area (Å²) in [5.74, 6) is 0. The van der Waals surface area contributed by atoms with Crippen LogP contribution in [0.4, 0.5) is 0 Å². The number of nitrogens with zero attached hydrogens (tertiary/aromatic N) is 1. The summed E-state index contributed by atoms with van der Waals surface area (Å²) >= 11 is 0. The summed E-state index contributed by atoms with van der Waals surface area (Å²) in [6.07, 6.45) is 3.27. The number of aliphatic hydroxyl groups excluding tert-OH is 1. The van der Waals surface area contributed by atoms with Crippen LogP contribution >= 0.6 is 0 Å². The van der Waals surface area contributed by atoms with E-state index in [4.69, 9.17) is 4.74 Å². The maximum absolute atomic E-state index is 9.50. The second kappa shape index (κ2) is 7.31. The first-order valence-corrected chi connectivity index (χ1v) is 6.83. The van der Waals surface area contributed by atoms with Gasteiger partial charge in [-0.25, -0.2) is 0 Å². The van der Waals surface area contributed by atoms with Gasteiger partial charge in [-0.05, 0) is 39.8 Å². The lowest BCUT2D eigenvalue weighted by molar-refractivity contribution is 0.0922. The molecule has 2 unspecified atom stereocenters. The van der Waals surface area contributed by atoms with Gasteiger partial charge in [0.1, 0.15) is 0 Å². The molecule has 17 heavy (non-hydrogen) atoms. The summed E-state index contributed by atoms with van der Waals surface area (Å²) in [5.41, 5.74) is -0.0519. The SMILES string of the molecule is CCOCCN(CC)C1CCC(CO)(NC)C1. The van der Waals surface area contributed by atoms with Crippen molar-refractivity contribution in [3.8, 4) is 0 Å². The van der Waals surface area contributed by atoms with Gasteiger partial charge in [-0.3, -0.25) is 4.90 Å². The van der Waals surface area contributed by atoms with E-state index in [0.29, 0.717) is 6.04 Å². The molecular formula is C13H28N2O2. The number of likely N-dealkylation sites (N-methyl/N-ethyl adjacent to an activating group) is 2. The predicted molar refractivity (Wildman–Crippen MR) is 70.3 cm³/mol. The van der Waals surface area contributed by atoms with Crippen molar-refractivity contribution in [2.75, 3.05) is 40.0 Å². The lowest BCUT2D eigenvalue weighted by Gasteiger charge is -2.31. The minimum atomic E-state index is -0.0519. The van der Waals surface area contributed by atoms with Crippen LogP contribution in [0.25, 0.3) is 0 Å². The number of rotatable bonds is 8. The summed E-state index contributed by atoms with van der Waals surface area (Å²) < 4.78 is 5.42. The van der Waals surface area contributed by atoms with Crippen LogP contribution in [0.15, 0.2) is 0 Å².